The Labute approximate surface area is 94.4 Å². The largest absolute Gasteiger partial charge is 0.496 e. The van der Waals surface area contributed by atoms with Crippen molar-refractivity contribution in [2.24, 2.45) is 5.73 Å². The van der Waals surface area contributed by atoms with Crippen molar-refractivity contribution >= 4 is 5.91 Å². The number of nitriles is 1. The molecule has 1 rings (SSSR count). The van der Waals surface area contributed by atoms with E-state index in [4.69, 9.17) is 11.0 Å². The molecule has 1 aromatic carbocycles. The van der Waals surface area contributed by atoms with Crippen LogP contribution in [0.25, 0.3) is 0 Å². The summed E-state index contributed by atoms with van der Waals surface area (Å²) in [6.45, 7) is 0. The molecule has 0 aliphatic heterocycles. The van der Waals surface area contributed by atoms with Crippen LogP contribution in [0.2, 0.25) is 0 Å². The highest BCUT2D eigenvalue weighted by Crippen LogP contribution is 2.39. The number of hydrogen-bond donors (Lipinski definition) is 1. The van der Waals surface area contributed by atoms with Gasteiger partial charge in [0.05, 0.1) is 24.3 Å². The highest BCUT2D eigenvalue weighted by Gasteiger charge is 2.38. The number of halogens is 3. The van der Waals surface area contributed by atoms with Crippen LogP contribution in [0, 0.1) is 11.3 Å². The molecule has 2 N–H and O–H groups in total. The summed E-state index contributed by atoms with van der Waals surface area (Å²) >= 11 is 0. The summed E-state index contributed by atoms with van der Waals surface area (Å²) < 4.78 is 42.7. The second-order valence-electron chi connectivity index (χ2n) is 3.07. The van der Waals surface area contributed by atoms with Gasteiger partial charge >= 0.3 is 6.18 Å². The molecule has 0 fully saturated rings. The smallest absolute Gasteiger partial charge is 0.420 e. The van der Waals surface area contributed by atoms with Gasteiger partial charge in [0, 0.05) is 0 Å². The quantitative estimate of drug-likeness (QED) is 0.859. The van der Waals surface area contributed by atoms with E-state index in [0.29, 0.717) is 0 Å². The Morgan fingerprint density at radius 1 is 1.47 bits per heavy atom. The Balaban J connectivity index is 3.66. The van der Waals surface area contributed by atoms with Gasteiger partial charge in [0.1, 0.15) is 11.3 Å². The van der Waals surface area contributed by atoms with E-state index in [-0.39, 0.29) is 5.56 Å². The molecule has 0 aliphatic carbocycles. The zero-order valence-corrected chi connectivity index (χ0v) is 8.63. The Hall–Kier alpha value is -2.23. The highest BCUT2D eigenvalue weighted by atomic mass is 19.4. The fourth-order valence-electron chi connectivity index (χ4n) is 1.33. The van der Waals surface area contributed by atoms with Gasteiger partial charge in [-0.15, -0.1) is 0 Å². The molecule has 90 valence electrons. The number of alkyl halides is 3. The molecule has 1 amide bonds. The minimum Gasteiger partial charge on any atom is -0.496 e. The van der Waals surface area contributed by atoms with Crippen molar-refractivity contribution in [3.8, 4) is 11.8 Å². The zero-order chi connectivity index (χ0) is 13.2. The van der Waals surface area contributed by atoms with E-state index in [1.807, 2.05) is 0 Å². The lowest BCUT2D eigenvalue weighted by Gasteiger charge is -2.15. The van der Waals surface area contributed by atoms with E-state index in [0.717, 1.165) is 19.2 Å². The normalized spacial score (nSPS) is 10.8. The Kier molecular flexibility index (Phi) is 3.27. The molecule has 0 saturated carbocycles. The van der Waals surface area contributed by atoms with Crippen LogP contribution >= 0.6 is 0 Å². The molecule has 7 heteroatoms. The van der Waals surface area contributed by atoms with Crippen LogP contribution in [-0.2, 0) is 6.18 Å². The number of hydrogen-bond acceptors (Lipinski definition) is 3. The molecule has 0 bridgehead atoms. The molecule has 1 aromatic rings. The molecule has 4 nitrogen and oxygen atoms in total. The summed E-state index contributed by atoms with van der Waals surface area (Å²) in [5, 5.41) is 8.62. The van der Waals surface area contributed by atoms with Crippen LogP contribution in [0.15, 0.2) is 12.1 Å². The second-order valence-corrected chi connectivity index (χ2v) is 3.07. The Morgan fingerprint density at radius 3 is 2.41 bits per heavy atom. The predicted molar refractivity (Wildman–Crippen MR) is 51.2 cm³/mol. The predicted octanol–water partition coefficient (Wildman–Crippen LogP) is 1.68. The molecule has 0 unspecified atom stereocenters. The van der Waals surface area contributed by atoms with Gasteiger partial charge in [-0.05, 0) is 12.1 Å². The SMILES string of the molecule is COc1cc(C#N)cc(C(N)=O)c1C(F)(F)F. The maximum atomic E-state index is 12.7. The van der Waals surface area contributed by atoms with Crippen LogP contribution in [0.3, 0.4) is 0 Å². The standard InChI is InChI=1S/C10H7F3N2O2/c1-17-7-3-5(4-14)2-6(9(15)16)8(7)10(11,12)13/h2-3H,1H3,(H2,15,16). The number of carbonyl (C=O) groups is 1. The summed E-state index contributed by atoms with van der Waals surface area (Å²) in [6, 6.07) is 3.30. The lowest BCUT2D eigenvalue weighted by molar-refractivity contribution is -0.139. The van der Waals surface area contributed by atoms with Gasteiger partial charge < -0.3 is 10.5 Å². The molecule has 0 aromatic heterocycles. The Bertz CT molecular complexity index is 503. The van der Waals surface area contributed by atoms with Gasteiger partial charge in [0.15, 0.2) is 0 Å². The minimum absolute atomic E-state index is 0.136. The van der Waals surface area contributed by atoms with E-state index in [1.165, 1.54) is 0 Å². The topological polar surface area (TPSA) is 76.1 Å². The van der Waals surface area contributed by atoms with Crippen LogP contribution in [0.1, 0.15) is 21.5 Å². The fourth-order valence-corrected chi connectivity index (χ4v) is 1.33. The van der Waals surface area contributed by atoms with Crippen LogP contribution in [0.4, 0.5) is 13.2 Å². The van der Waals surface area contributed by atoms with Crippen molar-refractivity contribution in [2.45, 2.75) is 6.18 Å². The van der Waals surface area contributed by atoms with Gasteiger partial charge in [0.2, 0.25) is 5.91 Å². The maximum Gasteiger partial charge on any atom is 0.420 e. The molecule has 0 spiro atoms. The van der Waals surface area contributed by atoms with Gasteiger partial charge in [-0.3, -0.25) is 4.79 Å². The van der Waals surface area contributed by atoms with Crippen LogP contribution in [-0.4, -0.2) is 13.0 Å². The molecule has 0 saturated heterocycles. The first-order valence-electron chi connectivity index (χ1n) is 4.30. The summed E-state index contributed by atoms with van der Waals surface area (Å²) in [7, 11) is 1.01. The summed E-state index contributed by atoms with van der Waals surface area (Å²) in [5.74, 6) is -1.88. The molecule has 0 aliphatic rings. The summed E-state index contributed by atoms with van der Waals surface area (Å²) in [4.78, 5) is 11.0. The van der Waals surface area contributed by atoms with Crippen LogP contribution in [0.5, 0.6) is 5.75 Å². The fraction of sp³-hybridized carbons (Fsp3) is 0.200. The number of benzene rings is 1. The number of methoxy groups -OCH3 is 1. The molecular weight excluding hydrogens is 237 g/mol. The van der Waals surface area contributed by atoms with Crippen molar-refractivity contribution in [1.82, 2.24) is 0 Å². The number of primary amides is 1. The van der Waals surface area contributed by atoms with Crippen molar-refractivity contribution in [1.29, 1.82) is 5.26 Å². The zero-order valence-electron chi connectivity index (χ0n) is 8.63. The first-order valence-corrected chi connectivity index (χ1v) is 4.30. The lowest BCUT2D eigenvalue weighted by atomic mass is 10.0. The van der Waals surface area contributed by atoms with Crippen molar-refractivity contribution in [2.75, 3.05) is 7.11 Å². The van der Waals surface area contributed by atoms with E-state index < -0.39 is 29.0 Å². The number of carbonyl (C=O) groups excluding carboxylic acids is 1. The average molecular weight is 244 g/mol. The van der Waals surface area contributed by atoms with Crippen LogP contribution < -0.4 is 10.5 Å². The van der Waals surface area contributed by atoms with E-state index in [1.54, 1.807) is 6.07 Å². The van der Waals surface area contributed by atoms with Gasteiger partial charge in [-0.2, -0.15) is 18.4 Å². The number of ether oxygens (including phenoxy) is 1. The monoisotopic (exact) mass is 244 g/mol. The third kappa shape index (κ3) is 2.47. The molecular formula is C10H7F3N2O2. The van der Waals surface area contributed by atoms with E-state index in [9.17, 15) is 18.0 Å². The molecule has 0 heterocycles. The minimum atomic E-state index is -4.79. The third-order valence-electron chi connectivity index (χ3n) is 2.00. The maximum absolute atomic E-state index is 12.7. The second kappa shape index (κ2) is 4.33. The number of nitrogens with two attached hydrogens (primary N) is 1. The first-order chi connectivity index (χ1) is 7.81. The lowest BCUT2D eigenvalue weighted by Crippen LogP contribution is -2.20. The summed E-state index contributed by atoms with van der Waals surface area (Å²) in [5.41, 5.74) is 2.66. The van der Waals surface area contributed by atoms with E-state index >= 15 is 0 Å². The van der Waals surface area contributed by atoms with Crippen molar-refractivity contribution in [3.63, 3.8) is 0 Å². The number of amides is 1. The summed E-state index contributed by atoms with van der Waals surface area (Å²) in [6.07, 6.45) is -4.79. The first kappa shape index (κ1) is 12.8. The molecule has 0 atom stereocenters. The van der Waals surface area contributed by atoms with Gasteiger partial charge in [-0.1, -0.05) is 0 Å². The van der Waals surface area contributed by atoms with Gasteiger partial charge in [0.25, 0.3) is 0 Å². The number of rotatable bonds is 2. The molecule has 17 heavy (non-hydrogen) atoms. The highest BCUT2D eigenvalue weighted by molar-refractivity contribution is 5.95. The van der Waals surface area contributed by atoms with Crippen molar-refractivity contribution < 1.29 is 22.7 Å². The molecule has 0 radical (unpaired) electrons. The third-order valence-corrected chi connectivity index (χ3v) is 2.00. The average Bonchev–Trinajstić information content (AvgIpc) is 2.25. The number of nitrogens with zero attached hydrogens (tertiary/aromatic N) is 1. The van der Waals surface area contributed by atoms with Crippen molar-refractivity contribution in [3.05, 3.63) is 28.8 Å². The van der Waals surface area contributed by atoms with Gasteiger partial charge in [-0.25, -0.2) is 0 Å². The Morgan fingerprint density at radius 2 is 2.06 bits per heavy atom. The van der Waals surface area contributed by atoms with E-state index in [2.05, 4.69) is 4.74 Å².